The molecule has 39 heavy (non-hydrogen) atoms. The van der Waals surface area contributed by atoms with Gasteiger partial charge in [0.2, 0.25) is 11.4 Å². The maximum atomic E-state index is 13.3. The van der Waals surface area contributed by atoms with Crippen LogP contribution in [0.2, 0.25) is 5.02 Å². The summed E-state index contributed by atoms with van der Waals surface area (Å²) < 4.78 is 28.1. The molecule has 0 fully saturated rings. The van der Waals surface area contributed by atoms with Crippen molar-refractivity contribution in [2.45, 2.75) is 51.1 Å². The molecule has 0 aliphatic carbocycles. The maximum absolute atomic E-state index is 13.3. The Morgan fingerprint density at radius 1 is 1.13 bits per heavy atom. The Bertz CT molecular complexity index is 1220. The third-order valence-electron chi connectivity index (χ3n) is 5.98. The van der Waals surface area contributed by atoms with E-state index in [1.54, 1.807) is 35.8 Å². The van der Waals surface area contributed by atoms with E-state index >= 15 is 0 Å². The van der Waals surface area contributed by atoms with Crippen LogP contribution in [0.3, 0.4) is 0 Å². The molecule has 0 saturated carbocycles. The highest BCUT2D eigenvalue weighted by atomic mass is 35.5. The van der Waals surface area contributed by atoms with Crippen molar-refractivity contribution in [2.75, 3.05) is 31.6 Å². The monoisotopic (exact) mass is 608 g/mol. The minimum atomic E-state index is -5.31. The molecule has 1 atom stereocenters. The summed E-state index contributed by atoms with van der Waals surface area (Å²) in [5, 5.41) is 2.86. The molecular weight excluding hydrogens is 574 g/mol. The van der Waals surface area contributed by atoms with Crippen LogP contribution in [-0.2, 0) is 18.7 Å². The number of pyridine rings is 1. The molecule has 16 heteroatoms. The quantitative estimate of drug-likeness (QED) is 0.156. The SMILES string of the molecule is CCN(C)CCCC(C)N(C(=O)OCCCC(=O)NC(P(=O)(O)O)P(=O)(O)O)c1ccnc2cc(Cl)ccc12. The van der Waals surface area contributed by atoms with E-state index in [0.717, 1.165) is 19.5 Å². The molecule has 0 saturated heterocycles. The zero-order valence-corrected chi connectivity index (χ0v) is 24.5. The number of carbonyl (C=O) groups excluding carboxylic acids is 2. The molecule has 2 aromatic rings. The van der Waals surface area contributed by atoms with Crippen molar-refractivity contribution >= 4 is 55.4 Å². The van der Waals surface area contributed by atoms with Crippen molar-refractivity contribution < 1.29 is 43.0 Å². The van der Waals surface area contributed by atoms with Crippen LogP contribution in [0, 0.1) is 0 Å². The Balaban J connectivity index is 2.12. The second kappa shape index (κ2) is 14.5. The van der Waals surface area contributed by atoms with E-state index in [9.17, 15) is 18.7 Å². The van der Waals surface area contributed by atoms with Gasteiger partial charge >= 0.3 is 21.3 Å². The van der Waals surface area contributed by atoms with E-state index in [1.165, 1.54) is 4.90 Å². The fraction of sp³-hybridized carbons (Fsp3) is 0.522. The fourth-order valence-corrected chi connectivity index (χ4v) is 6.18. The topological polar surface area (TPSA) is 190 Å². The first-order valence-electron chi connectivity index (χ1n) is 12.2. The Kier molecular flexibility index (Phi) is 12.3. The van der Waals surface area contributed by atoms with Gasteiger partial charge in [0.25, 0.3) is 0 Å². The number of fused-ring (bicyclic) bond motifs is 1. The third-order valence-corrected chi connectivity index (χ3v) is 9.55. The van der Waals surface area contributed by atoms with Gasteiger partial charge in [-0.15, -0.1) is 0 Å². The van der Waals surface area contributed by atoms with Gasteiger partial charge < -0.3 is 34.5 Å². The third kappa shape index (κ3) is 10.1. The molecule has 0 radical (unpaired) electrons. The van der Waals surface area contributed by atoms with Crippen molar-refractivity contribution in [1.29, 1.82) is 0 Å². The average Bonchev–Trinajstić information content (AvgIpc) is 2.83. The van der Waals surface area contributed by atoms with Crippen LogP contribution in [0.25, 0.3) is 10.9 Å². The molecule has 0 bridgehead atoms. The highest BCUT2D eigenvalue weighted by Gasteiger charge is 2.44. The fourth-order valence-electron chi connectivity index (χ4n) is 3.82. The lowest BCUT2D eigenvalue weighted by Gasteiger charge is -2.30. The summed E-state index contributed by atoms with van der Waals surface area (Å²) in [7, 11) is -8.61. The predicted molar refractivity (Wildman–Crippen MR) is 148 cm³/mol. The van der Waals surface area contributed by atoms with Crippen molar-refractivity contribution in [3.63, 3.8) is 0 Å². The molecule has 218 valence electrons. The molecule has 1 unspecified atom stereocenters. The number of aromatic nitrogens is 1. The number of nitrogens with one attached hydrogen (secondary N) is 1. The van der Waals surface area contributed by atoms with Crippen molar-refractivity contribution in [2.24, 2.45) is 0 Å². The van der Waals surface area contributed by atoms with Crippen LogP contribution in [0.15, 0.2) is 30.5 Å². The first kappa shape index (κ1) is 33.1. The van der Waals surface area contributed by atoms with Gasteiger partial charge in [0.05, 0.1) is 17.8 Å². The summed E-state index contributed by atoms with van der Waals surface area (Å²) >= 11 is 6.11. The Labute approximate surface area is 231 Å². The predicted octanol–water partition coefficient (Wildman–Crippen LogP) is 3.49. The number of benzene rings is 1. The van der Waals surface area contributed by atoms with Gasteiger partial charge in [0.15, 0.2) is 0 Å². The van der Waals surface area contributed by atoms with E-state index in [-0.39, 0.29) is 25.5 Å². The first-order valence-corrected chi connectivity index (χ1v) is 16.0. The molecule has 2 amide bonds. The zero-order chi connectivity index (χ0) is 29.4. The number of carbonyl (C=O) groups is 2. The summed E-state index contributed by atoms with van der Waals surface area (Å²) in [4.78, 5) is 69.9. The van der Waals surface area contributed by atoms with Crippen LogP contribution in [0.1, 0.15) is 39.5 Å². The lowest BCUT2D eigenvalue weighted by Crippen LogP contribution is -2.40. The average molecular weight is 609 g/mol. The molecule has 0 spiro atoms. The van der Waals surface area contributed by atoms with Crippen molar-refractivity contribution in [3.05, 3.63) is 35.5 Å². The van der Waals surface area contributed by atoms with Crippen LogP contribution in [0.4, 0.5) is 10.5 Å². The summed E-state index contributed by atoms with van der Waals surface area (Å²) in [5.41, 5.74) is -1.48. The second-order valence-corrected chi connectivity index (χ2v) is 13.3. The molecular formula is C23H35ClN4O9P2. The normalized spacial score (nSPS) is 13.1. The number of anilines is 1. The number of halogens is 1. The number of hydrogen-bond acceptors (Lipinski definition) is 7. The second-order valence-electron chi connectivity index (χ2n) is 9.09. The van der Waals surface area contributed by atoms with Gasteiger partial charge in [-0.1, -0.05) is 18.5 Å². The van der Waals surface area contributed by atoms with E-state index in [0.29, 0.717) is 28.0 Å². The Morgan fingerprint density at radius 3 is 2.41 bits per heavy atom. The van der Waals surface area contributed by atoms with Gasteiger partial charge in [-0.3, -0.25) is 23.8 Å². The highest BCUT2D eigenvalue weighted by Crippen LogP contribution is 2.58. The van der Waals surface area contributed by atoms with Crippen LogP contribution in [0.5, 0.6) is 0 Å². The molecule has 1 aromatic heterocycles. The summed E-state index contributed by atoms with van der Waals surface area (Å²) in [6, 6.07) is 6.58. The van der Waals surface area contributed by atoms with Crippen LogP contribution >= 0.6 is 26.8 Å². The Morgan fingerprint density at radius 2 is 1.79 bits per heavy atom. The number of hydrogen-bond donors (Lipinski definition) is 5. The number of rotatable bonds is 14. The number of ether oxygens (including phenoxy) is 1. The van der Waals surface area contributed by atoms with Gasteiger partial charge in [-0.05, 0) is 70.6 Å². The molecule has 5 N–H and O–H groups in total. The standard InChI is InChI=1S/C23H35ClN4O9P2/c1-4-27(3)13-5-7-16(2)28(20-11-12-25-19-15-17(24)9-10-18(19)20)23(30)37-14-6-8-21(29)26-22(38(31,32)33)39(34,35)36/h9-12,15-16,22H,4-8,13-14H2,1-3H3,(H,26,29)(H2,31,32,33)(H2,34,35,36). The summed E-state index contributed by atoms with van der Waals surface area (Å²) in [6.45, 7) is 5.47. The number of nitrogens with zero attached hydrogens (tertiary/aromatic N) is 3. The number of amides is 2. The van der Waals surface area contributed by atoms with Crippen molar-refractivity contribution in [3.8, 4) is 0 Å². The molecule has 0 aliphatic heterocycles. The van der Waals surface area contributed by atoms with Crippen LogP contribution in [-0.4, -0.2) is 79.8 Å². The highest BCUT2D eigenvalue weighted by molar-refractivity contribution is 7.70. The van der Waals surface area contributed by atoms with Gasteiger partial charge in [0, 0.05) is 29.1 Å². The van der Waals surface area contributed by atoms with E-state index in [2.05, 4.69) is 16.8 Å². The minimum absolute atomic E-state index is 0.0528. The Hall–Kier alpha value is -2.08. The molecule has 0 aliphatic rings. The van der Waals surface area contributed by atoms with Crippen molar-refractivity contribution in [1.82, 2.24) is 15.2 Å². The first-order chi connectivity index (χ1) is 18.1. The summed E-state index contributed by atoms with van der Waals surface area (Å²) in [6.07, 6.45) is 1.95. The zero-order valence-electron chi connectivity index (χ0n) is 21.9. The summed E-state index contributed by atoms with van der Waals surface area (Å²) in [5.74, 6) is -1.01. The molecule has 1 aromatic carbocycles. The lowest BCUT2D eigenvalue weighted by atomic mass is 10.1. The molecule has 1 heterocycles. The lowest BCUT2D eigenvalue weighted by molar-refractivity contribution is -0.121. The molecule has 2 rings (SSSR count). The minimum Gasteiger partial charge on any atom is -0.449 e. The molecule has 13 nitrogen and oxygen atoms in total. The van der Waals surface area contributed by atoms with E-state index in [4.69, 9.17) is 35.9 Å². The van der Waals surface area contributed by atoms with Crippen LogP contribution < -0.4 is 10.2 Å². The largest absolute Gasteiger partial charge is 0.449 e. The van der Waals surface area contributed by atoms with Gasteiger partial charge in [-0.2, -0.15) is 0 Å². The van der Waals surface area contributed by atoms with Gasteiger partial charge in [0.1, 0.15) is 0 Å². The smallest absolute Gasteiger partial charge is 0.414 e. The van der Waals surface area contributed by atoms with Gasteiger partial charge in [-0.25, -0.2) is 4.79 Å². The maximum Gasteiger partial charge on any atom is 0.414 e. The van der Waals surface area contributed by atoms with E-state index < -0.39 is 32.7 Å². The van der Waals surface area contributed by atoms with E-state index in [1.807, 2.05) is 14.0 Å².